The van der Waals surface area contributed by atoms with Gasteiger partial charge in [-0.15, -0.1) is 0 Å². The van der Waals surface area contributed by atoms with Crippen molar-refractivity contribution in [2.75, 3.05) is 20.8 Å². The molecule has 0 amide bonds. The SMILES string of the molecule is COc1ccc(CCOc2ccc([C@H]3CC(=O)Oc4cc(O)c5c(=O)c(O)c(-c6ccc(O)c(O)c6)oc5c43)cc2OC)cc1. The number of methoxy groups -OCH3 is 2. The van der Waals surface area contributed by atoms with Crippen LogP contribution in [0.5, 0.6) is 46.0 Å². The number of fused-ring (bicyclic) bond motifs is 3. The minimum absolute atomic E-state index is 0.0200. The van der Waals surface area contributed by atoms with Crippen LogP contribution in [-0.4, -0.2) is 47.2 Å². The highest BCUT2D eigenvalue weighted by Crippen LogP contribution is 2.48. The van der Waals surface area contributed by atoms with Crippen molar-refractivity contribution in [3.05, 3.63) is 93.6 Å². The third-order valence-electron chi connectivity index (χ3n) is 7.70. The van der Waals surface area contributed by atoms with Gasteiger partial charge in [0.05, 0.1) is 27.2 Å². The van der Waals surface area contributed by atoms with Crippen LogP contribution in [0.25, 0.3) is 22.3 Å². The topological polar surface area (TPSA) is 165 Å². The molecular weight excluding hydrogens is 584 g/mol. The van der Waals surface area contributed by atoms with E-state index in [1.165, 1.54) is 19.2 Å². The van der Waals surface area contributed by atoms with E-state index < -0.39 is 40.3 Å². The smallest absolute Gasteiger partial charge is 0.312 e. The second-order valence-electron chi connectivity index (χ2n) is 10.4. The number of ether oxygens (including phenoxy) is 4. The van der Waals surface area contributed by atoms with Crippen molar-refractivity contribution < 1.29 is 48.6 Å². The molecule has 11 nitrogen and oxygen atoms in total. The van der Waals surface area contributed by atoms with Gasteiger partial charge in [0.2, 0.25) is 11.2 Å². The molecule has 2 heterocycles. The van der Waals surface area contributed by atoms with Gasteiger partial charge in [-0.2, -0.15) is 0 Å². The van der Waals surface area contributed by atoms with E-state index >= 15 is 0 Å². The molecule has 45 heavy (non-hydrogen) atoms. The van der Waals surface area contributed by atoms with Crippen LogP contribution in [0.2, 0.25) is 0 Å². The van der Waals surface area contributed by atoms with Gasteiger partial charge in [0.1, 0.15) is 28.2 Å². The summed E-state index contributed by atoms with van der Waals surface area (Å²) >= 11 is 0. The molecule has 0 radical (unpaired) electrons. The number of carbonyl (C=O) groups excluding carboxylic acids is 1. The molecule has 1 aliphatic heterocycles. The van der Waals surface area contributed by atoms with E-state index in [-0.39, 0.29) is 34.5 Å². The Kier molecular flexibility index (Phi) is 7.59. The van der Waals surface area contributed by atoms with Crippen LogP contribution < -0.4 is 24.4 Å². The summed E-state index contributed by atoms with van der Waals surface area (Å²) in [5.41, 5.74) is 0.992. The van der Waals surface area contributed by atoms with Gasteiger partial charge in [-0.25, -0.2) is 0 Å². The summed E-state index contributed by atoms with van der Waals surface area (Å²) in [5, 5.41) is 40.9. The van der Waals surface area contributed by atoms with Crippen molar-refractivity contribution in [1.29, 1.82) is 0 Å². The molecule has 1 aromatic heterocycles. The Labute approximate surface area is 256 Å². The van der Waals surface area contributed by atoms with Crippen LogP contribution in [0.1, 0.15) is 29.0 Å². The first-order chi connectivity index (χ1) is 21.7. The van der Waals surface area contributed by atoms with Crippen LogP contribution in [0.15, 0.2) is 75.9 Å². The van der Waals surface area contributed by atoms with Gasteiger partial charge in [0, 0.05) is 29.5 Å². The van der Waals surface area contributed by atoms with Crippen molar-refractivity contribution in [2.45, 2.75) is 18.8 Å². The summed E-state index contributed by atoms with van der Waals surface area (Å²) in [6.07, 6.45) is 0.507. The number of hydrogen-bond donors (Lipinski definition) is 4. The van der Waals surface area contributed by atoms with Crippen LogP contribution >= 0.6 is 0 Å². The number of aromatic hydroxyl groups is 4. The molecular formula is C34H28O11. The van der Waals surface area contributed by atoms with Crippen molar-refractivity contribution in [1.82, 2.24) is 0 Å². The predicted octanol–water partition coefficient (Wildman–Crippen LogP) is 5.36. The minimum Gasteiger partial charge on any atom is -0.507 e. The largest absolute Gasteiger partial charge is 0.507 e. The summed E-state index contributed by atoms with van der Waals surface area (Å²) in [7, 11) is 3.10. The molecule has 1 aliphatic rings. The summed E-state index contributed by atoms with van der Waals surface area (Å²) in [6, 6.07) is 17.6. The molecule has 0 bridgehead atoms. The molecule has 4 aromatic carbocycles. The maximum atomic E-state index is 13.3. The fourth-order valence-corrected chi connectivity index (χ4v) is 5.42. The third kappa shape index (κ3) is 5.40. The van der Waals surface area contributed by atoms with Gasteiger partial charge >= 0.3 is 5.97 Å². The molecule has 0 unspecified atom stereocenters. The first kappa shape index (κ1) is 29.2. The fourth-order valence-electron chi connectivity index (χ4n) is 5.42. The van der Waals surface area contributed by atoms with Crippen molar-refractivity contribution in [3.8, 4) is 57.3 Å². The Balaban J connectivity index is 1.40. The average Bonchev–Trinajstić information content (AvgIpc) is 3.03. The maximum Gasteiger partial charge on any atom is 0.312 e. The van der Waals surface area contributed by atoms with E-state index in [1.54, 1.807) is 25.3 Å². The van der Waals surface area contributed by atoms with Gasteiger partial charge in [-0.3, -0.25) is 9.59 Å². The monoisotopic (exact) mass is 612 g/mol. The van der Waals surface area contributed by atoms with Gasteiger partial charge in [-0.1, -0.05) is 18.2 Å². The molecule has 0 aliphatic carbocycles. The summed E-state index contributed by atoms with van der Waals surface area (Å²) in [5.74, 6) is -2.25. The Bertz CT molecular complexity index is 1990. The van der Waals surface area contributed by atoms with Gasteiger partial charge in [0.15, 0.2) is 28.8 Å². The zero-order valence-electron chi connectivity index (χ0n) is 24.2. The Morgan fingerprint density at radius 1 is 0.822 bits per heavy atom. The Morgan fingerprint density at radius 2 is 1.60 bits per heavy atom. The minimum atomic E-state index is -0.937. The molecule has 0 saturated heterocycles. The zero-order chi connectivity index (χ0) is 31.8. The highest BCUT2D eigenvalue weighted by molar-refractivity contribution is 5.94. The lowest BCUT2D eigenvalue weighted by Crippen LogP contribution is -2.22. The fraction of sp³-hybridized carbons (Fsp3) is 0.176. The first-order valence-electron chi connectivity index (χ1n) is 13.9. The summed E-state index contributed by atoms with van der Waals surface area (Å²) in [6.45, 7) is 0.370. The molecule has 4 N–H and O–H groups in total. The quantitative estimate of drug-likeness (QED) is 0.101. The van der Waals surface area contributed by atoms with E-state index in [1.807, 2.05) is 24.3 Å². The third-order valence-corrected chi connectivity index (χ3v) is 7.70. The van der Waals surface area contributed by atoms with Gasteiger partial charge < -0.3 is 43.8 Å². The van der Waals surface area contributed by atoms with E-state index in [9.17, 15) is 30.0 Å². The van der Waals surface area contributed by atoms with Crippen LogP contribution in [0, 0.1) is 0 Å². The van der Waals surface area contributed by atoms with E-state index in [4.69, 9.17) is 23.4 Å². The molecule has 6 rings (SSSR count). The molecule has 11 heteroatoms. The van der Waals surface area contributed by atoms with Crippen LogP contribution in [0.3, 0.4) is 0 Å². The standard InChI is InChI=1S/C34H28O11/c1-41-20-7-3-17(4-8-20)11-12-43-25-10-6-18(14-26(25)42-2)21-15-28(38)44-27-16-24(37)30-31(39)32(40)33(45-34(30)29(21)27)19-5-9-22(35)23(36)13-19/h3-10,13-14,16,21,35-37,40H,11-12,15H2,1-2H3/t21-/m1/s1. The number of carbonyl (C=O) groups is 1. The molecule has 0 saturated carbocycles. The summed E-state index contributed by atoms with van der Waals surface area (Å²) in [4.78, 5) is 26.1. The Morgan fingerprint density at radius 3 is 2.31 bits per heavy atom. The van der Waals surface area contributed by atoms with Gasteiger partial charge in [-0.05, 0) is 53.6 Å². The zero-order valence-corrected chi connectivity index (χ0v) is 24.2. The van der Waals surface area contributed by atoms with Crippen molar-refractivity contribution in [3.63, 3.8) is 0 Å². The van der Waals surface area contributed by atoms with Crippen molar-refractivity contribution >= 4 is 16.9 Å². The second-order valence-corrected chi connectivity index (χ2v) is 10.4. The molecule has 0 spiro atoms. The predicted molar refractivity (Wildman–Crippen MR) is 162 cm³/mol. The van der Waals surface area contributed by atoms with Gasteiger partial charge in [0.25, 0.3) is 0 Å². The number of rotatable bonds is 8. The normalized spacial score (nSPS) is 14.1. The summed E-state index contributed by atoms with van der Waals surface area (Å²) < 4.78 is 28.3. The lowest BCUT2D eigenvalue weighted by atomic mass is 9.85. The van der Waals surface area contributed by atoms with E-state index in [0.717, 1.165) is 23.4 Å². The second kappa shape index (κ2) is 11.7. The molecule has 0 fully saturated rings. The average molecular weight is 613 g/mol. The molecule has 1 atom stereocenters. The maximum absolute atomic E-state index is 13.3. The highest BCUT2D eigenvalue weighted by Gasteiger charge is 2.35. The number of phenolic OH excluding ortho intramolecular Hbond substituents is 3. The van der Waals surface area contributed by atoms with Crippen molar-refractivity contribution in [2.24, 2.45) is 0 Å². The first-order valence-corrected chi connectivity index (χ1v) is 13.9. The lowest BCUT2D eigenvalue weighted by Gasteiger charge is -2.26. The number of esters is 1. The number of hydrogen-bond acceptors (Lipinski definition) is 11. The number of phenols is 3. The van der Waals surface area contributed by atoms with Crippen LogP contribution in [-0.2, 0) is 11.2 Å². The van der Waals surface area contributed by atoms with E-state index in [0.29, 0.717) is 35.7 Å². The highest BCUT2D eigenvalue weighted by atomic mass is 16.5. The van der Waals surface area contributed by atoms with E-state index in [2.05, 4.69) is 0 Å². The number of benzene rings is 4. The van der Waals surface area contributed by atoms with Crippen LogP contribution in [0.4, 0.5) is 0 Å². The lowest BCUT2D eigenvalue weighted by molar-refractivity contribution is -0.135. The molecule has 5 aromatic rings. The molecule has 230 valence electrons. The Hall–Kier alpha value is -5.84.